The highest BCUT2D eigenvalue weighted by atomic mass is 13.8. The molecule has 0 unspecified atom stereocenters. The minimum absolute atomic E-state index is 1.14. The average molecular weight is 110 g/mol. The third-order valence-corrected chi connectivity index (χ3v) is 0.956. The fourth-order valence-corrected chi connectivity index (χ4v) is 0.653. The Morgan fingerprint density at radius 2 is 2.12 bits per heavy atom. The molecule has 0 aliphatic heterocycles. The number of hydrogen-bond donors (Lipinski definition) is 0. The molecule has 0 nitrogen and oxygen atoms in total. The summed E-state index contributed by atoms with van der Waals surface area (Å²) < 4.78 is 0. The third kappa shape index (κ3) is 3.66. The molecule has 0 spiro atoms. The van der Waals surface area contributed by atoms with Crippen molar-refractivity contribution in [2.75, 3.05) is 0 Å². The zero-order valence-electron chi connectivity index (χ0n) is 5.94. The van der Waals surface area contributed by atoms with E-state index in [9.17, 15) is 0 Å². The van der Waals surface area contributed by atoms with Gasteiger partial charge in [-0.15, -0.1) is 0 Å². The van der Waals surface area contributed by atoms with Crippen LogP contribution in [0.15, 0.2) is 23.8 Å². The average Bonchev–Trinajstić information content (AvgIpc) is 1.68. The lowest BCUT2D eigenvalue weighted by Crippen LogP contribution is -1.64. The van der Waals surface area contributed by atoms with Crippen LogP contribution >= 0.6 is 0 Å². The van der Waals surface area contributed by atoms with Crippen LogP contribution in [-0.4, -0.2) is 0 Å². The second-order valence-corrected chi connectivity index (χ2v) is 1.86. The molecule has 46 valence electrons. The first-order valence-corrected chi connectivity index (χ1v) is 3.10. The van der Waals surface area contributed by atoms with Crippen molar-refractivity contribution in [1.29, 1.82) is 0 Å². The Kier molecular flexibility index (Phi) is 4.33. The maximum absolute atomic E-state index is 2.21. The van der Waals surface area contributed by atoms with Gasteiger partial charge < -0.3 is 0 Å². The minimum Gasteiger partial charge on any atom is -0.0874 e. The highest BCUT2D eigenvalue weighted by Crippen LogP contribution is 1.95. The van der Waals surface area contributed by atoms with Crippen LogP contribution in [0.4, 0.5) is 0 Å². The van der Waals surface area contributed by atoms with Crippen molar-refractivity contribution in [1.82, 2.24) is 0 Å². The Hall–Kier alpha value is -0.520. The summed E-state index contributed by atoms with van der Waals surface area (Å²) in [7, 11) is 0. The molecular weight excluding hydrogens is 96.1 g/mol. The molecule has 0 amide bonds. The third-order valence-electron chi connectivity index (χ3n) is 0.956. The number of rotatable bonds is 2. The summed E-state index contributed by atoms with van der Waals surface area (Å²) >= 11 is 0. The van der Waals surface area contributed by atoms with Gasteiger partial charge >= 0.3 is 0 Å². The zero-order valence-corrected chi connectivity index (χ0v) is 5.94. The molecule has 0 aromatic rings. The highest BCUT2D eigenvalue weighted by molar-refractivity contribution is 5.14. The van der Waals surface area contributed by atoms with Gasteiger partial charge in [-0.25, -0.2) is 0 Å². The van der Waals surface area contributed by atoms with E-state index in [0.29, 0.717) is 0 Å². The minimum atomic E-state index is 1.14. The van der Waals surface area contributed by atoms with Gasteiger partial charge in [0, 0.05) is 0 Å². The maximum atomic E-state index is 2.21. The van der Waals surface area contributed by atoms with E-state index in [1.807, 2.05) is 6.92 Å². The molecule has 0 fully saturated rings. The predicted octanol–water partition coefficient (Wildman–Crippen LogP) is 2.92. The van der Waals surface area contributed by atoms with Crippen molar-refractivity contribution >= 4 is 0 Å². The van der Waals surface area contributed by atoms with Crippen LogP contribution in [0.25, 0.3) is 0 Å². The second kappa shape index (κ2) is 4.63. The monoisotopic (exact) mass is 110 g/mol. The van der Waals surface area contributed by atoms with Gasteiger partial charge in [0.15, 0.2) is 0 Å². The van der Waals surface area contributed by atoms with E-state index in [4.69, 9.17) is 0 Å². The summed E-state index contributed by atoms with van der Waals surface area (Å²) in [6.07, 6.45) is 7.52. The largest absolute Gasteiger partial charge is 0.0874 e. The van der Waals surface area contributed by atoms with Gasteiger partial charge in [-0.2, -0.15) is 0 Å². The Morgan fingerprint density at radius 3 is 2.50 bits per heavy atom. The van der Waals surface area contributed by atoms with Crippen LogP contribution in [0.2, 0.25) is 0 Å². The first-order chi connectivity index (χ1) is 3.81. The molecule has 0 bridgehead atoms. The molecule has 0 radical (unpaired) electrons. The van der Waals surface area contributed by atoms with Gasteiger partial charge in [-0.05, 0) is 20.3 Å². The summed E-state index contributed by atoms with van der Waals surface area (Å²) in [5, 5.41) is 0. The van der Waals surface area contributed by atoms with E-state index in [2.05, 4.69) is 32.1 Å². The number of allylic oxidation sites excluding steroid dienone is 4. The molecule has 0 saturated carbocycles. The standard InChI is InChI=1S/C8H14/c1-4-6-8(3)7-5-2/h4,6-7H,5H2,1-3H3/b6-4-,8-7+. The van der Waals surface area contributed by atoms with Crippen molar-refractivity contribution in [3.63, 3.8) is 0 Å². The van der Waals surface area contributed by atoms with E-state index in [-0.39, 0.29) is 0 Å². The van der Waals surface area contributed by atoms with E-state index < -0.39 is 0 Å². The SMILES string of the molecule is C/C=C\C(C)=C\CC. The Morgan fingerprint density at radius 1 is 1.50 bits per heavy atom. The Labute approximate surface area is 51.9 Å². The van der Waals surface area contributed by atoms with Crippen LogP contribution < -0.4 is 0 Å². The molecule has 0 aromatic carbocycles. The predicted molar refractivity (Wildman–Crippen MR) is 38.9 cm³/mol. The van der Waals surface area contributed by atoms with E-state index in [0.717, 1.165) is 6.42 Å². The molecule has 0 N–H and O–H groups in total. The number of hydrogen-bond acceptors (Lipinski definition) is 0. The molecule has 0 saturated heterocycles. The normalized spacial score (nSPS) is 13.1. The maximum Gasteiger partial charge on any atom is -0.0374 e. The lowest BCUT2D eigenvalue weighted by Gasteiger charge is -1.85. The zero-order chi connectivity index (χ0) is 6.41. The first-order valence-electron chi connectivity index (χ1n) is 3.10. The Balaban J connectivity index is 3.61. The summed E-state index contributed by atoms with van der Waals surface area (Å²) in [5.74, 6) is 0. The topological polar surface area (TPSA) is 0 Å². The molecule has 0 aromatic heterocycles. The van der Waals surface area contributed by atoms with Crippen molar-refractivity contribution in [3.05, 3.63) is 23.8 Å². The highest BCUT2D eigenvalue weighted by Gasteiger charge is 1.74. The molecule has 0 heterocycles. The van der Waals surface area contributed by atoms with E-state index in [1.165, 1.54) is 5.57 Å². The lowest BCUT2D eigenvalue weighted by atomic mass is 10.2. The second-order valence-electron chi connectivity index (χ2n) is 1.86. The molecule has 8 heavy (non-hydrogen) atoms. The van der Waals surface area contributed by atoms with Gasteiger partial charge in [0.05, 0.1) is 0 Å². The molecule has 0 aliphatic carbocycles. The van der Waals surface area contributed by atoms with Gasteiger partial charge in [0.1, 0.15) is 0 Å². The van der Waals surface area contributed by atoms with Gasteiger partial charge in [-0.1, -0.05) is 30.7 Å². The molecule has 0 rings (SSSR count). The molecule has 0 heteroatoms. The fourth-order valence-electron chi connectivity index (χ4n) is 0.653. The van der Waals surface area contributed by atoms with E-state index in [1.54, 1.807) is 0 Å². The van der Waals surface area contributed by atoms with Crippen LogP contribution in [-0.2, 0) is 0 Å². The summed E-state index contributed by atoms with van der Waals surface area (Å²) in [6, 6.07) is 0. The van der Waals surface area contributed by atoms with Crippen LogP contribution in [0, 0.1) is 0 Å². The summed E-state index contributed by atoms with van der Waals surface area (Å²) in [6.45, 7) is 6.30. The van der Waals surface area contributed by atoms with Crippen LogP contribution in [0.1, 0.15) is 27.2 Å². The van der Waals surface area contributed by atoms with Crippen molar-refractivity contribution in [2.24, 2.45) is 0 Å². The van der Waals surface area contributed by atoms with Crippen molar-refractivity contribution in [2.45, 2.75) is 27.2 Å². The van der Waals surface area contributed by atoms with Crippen molar-refractivity contribution < 1.29 is 0 Å². The quantitative estimate of drug-likeness (QED) is 0.479. The molecule has 0 atom stereocenters. The van der Waals surface area contributed by atoms with Gasteiger partial charge in [0.2, 0.25) is 0 Å². The van der Waals surface area contributed by atoms with Crippen LogP contribution in [0.5, 0.6) is 0 Å². The Bertz CT molecular complexity index is 96.6. The molecular formula is C8H14. The smallest absolute Gasteiger partial charge is 0.0374 e. The van der Waals surface area contributed by atoms with Gasteiger partial charge in [0.25, 0.3) is 0 Å². The van der Waals surface area contributed by atoms with Crippen LogP contribution in [0.3, 0.4) is 0 Å². The lowest BCUT2D eigenvalue weighted by molar-refractivity contribution is 1.20. The van der Waals surface area contributed by atoms with Crippen molar-refractivity contribution in [3.8, 4) is 0 Å². The summed E-state index contributed by atoms with van der Waals surface area (Å²) in [5.41, 5.74) is 1.36. The first kappa shape index (κ1) is 7.48. The summed E-state index contributed by atoms with van der Waals surface area (Å²) in [4.78, 5) is 0. The van der Waals surface area contributed by atoms with Gasteiger partial charge in [-0.3, -0.25) is 0 Å². The van der Waals surface area contributed by atoms with E-state index >= 15 is 0 Å². The fraction of sp³-hybridized carbons (Fsp3) is 0.500. The molecule has 0 aliphatic rings.